The van der Waals surface area contributed by atoms with E-state index in [1.807, 2.05) is 0 Å². The van der Waals surface area contributed by atoms with E-state index in [2.05, 4.69) is 153 Å². The van der Waals surface area contributed by atoms with Gasteiger partial charge in [0.2, 0.25) is 0 Å². The van der Waals surface area contributed by atoms with Gasteiger partial charge in [-0.1, -0.05) is 113 Å². The molecule has 1 heterocycles. The van der Waals surface area contributed by atoms with Gasteiger partial charge in [-0.2, -0.15) is 0 Å². The van der Waals surface area contributed by atoms with Gasteiger partial charge >= 0.3 is 0 Å². The van der Waals surface area contributed by atoms with E-state index in [1.165, 1.54) is 33.4 Å². The van der Waals surface area contributed by atoms with Gasteiger partial charge in [0, 0.05) is 0 Å². The van der Waals surface area contributed by atoms with E-state index in [0.717, 1.165) is 34.2 Å². The zero-order valence-corrected chi connectivity index (χ0v) is 29.4. The Morgan fingerprint density at radius 1 is 0.524 bits per heavy atom. The maximum Gasteiger partial charge on any atom is 0.0849 e. The molecule has 0 aliphatic heterocycles. The maximum absolute atomic E-state index is 5.21. The highest BCUT2D eigenvalue weighted by Gasteiger charge is 2.26. The fraction of sp³-hybridized carbons (Fsp3) is 0.513. The van der Waals surface area contributed by atoms with E-state index in [0.29, 0.717) is 0 Å². The van der Waals surface area contributed by atoms with Crippen LogP contribution in [0, 0.1) is 13.8 Å². The number of benzene rings is 2. The van der Waals surface area contributed by atoms with Crippen molar-refractivity contribution >= 4 is 22.8 Å². The fourth-order valence-corrected chi connectivity index (χ4v) is 5.15. The smallest absolute Gasteiger partial charge is 0.0849 e. The standard InChI is InChI=1S/C39H55N3/c1-24-20-28(36(5,6)7)22-30(38(11,12)13)34(24)40-26(3)32-18-17-19-33(42-32)27(4)41-35-25(2)21-29(37(8,9)10)23-31(35)39(14,15)16/h17-23H,1-16H3. The molecule has 3 aromatic rings. The predicted molar refractivity (Wildman–Crippen MR) is 185 cm³/mol. The van der Waals surface area contributed by atoms with E-state index in [4.69, 9.17) is 15.0 Å². The summed E-state index contributed by atoms with van der Waals surface area (Å²) in [5.74, 6) is 0. The molecule has 226 valence electrons. The first-order chi connectivity index (χ1) is 19.0. The van der Waals surface area contributed by atoms with Gasteiger partial charge < -0.3 is 0 Å². The van der Waals surface area contributed by atoms with Crippen molar-refractivity contribution in [2.75, 3.05) is 0 Å². The molecule has 3 nitrogen and oxygen atoms in total. The number of nitrogens with zero attached hydrogens (tertiary/aromatic N) is 3. The molecule has 1 aromatic heterocycles. The van der Waals surface area contributed by atoms with Gasteiger partial charge in [0.15, 0.2) is 0 Å². The predicted octanol–water partition coefficient (Wildman–Crippen LogP) is 11.2. The highest BCUT2D eigenvalue weighted by Crippen LogP contribution is 2.40. The number of rotatable bonds is 4. The van der Waals surface area contributed by atoms with Gasteiger partial charge in [0.25, 0.3) is 0 Å². The van der Waals surface area contributed by atoms with E-state index in [9.17, 15) is 0 Å². The first kappa shape index (κ1) is 33.4. The van der Waals surface area contributed by atoms with Crippen molar-refractivity contribution in [2.24, 2.45) is 9.98 Å². The summed E-state index contributed by atoms with van der Waals surface area (Å²) in [5.41, 5.74) is 13.4. The lowest BCUT2D eigenvalue weighted by Gasteiger charge is -2.28. The van der Waals surface area contributed by atoms with E-state index in [-0.39, 0.29) is 21.7 Å². The van der Waals surface area contributed by atoms with E-state index in [1.54, 1.807) is 0 Å². The largest absolute Gasteiger partial charge is 0.251 e. The summed E-state index contributed by atoms with van der Waals surface area (Å²) in [4.78, 5) is 15.5. The quantitative estimate of drug-likeness (QED) is 0.290. The highest BCUT2D eigenvalue weighted by atomic mass is 14.8. The topological polar surface area (TPSA) is 37.6 Å². The van der Waals surface area contributed by atoms with Gasteiger partial charge in [-0.25, -0.2) is 4.98 Å². The first-order valence-corrected chi connectivity index (χ1v) is 15.4. The Labute approximate surface area is 257 Å². The Hall–Kier alpha value is -3.07. The number of aromatic nitrogens is 1. The first-order valence-electron chi connectivity index (χ1n) is 15.4. The molecule has 0 aliphatic carbocycles. The molecular formula is C39H55N3. The Balaban J connectivity index is 2.12. The molecule has 2 aromatic carbocycles. The number of hydrogen-bond acceptors (Lipinski definition) is 3. The summed E-state index contributed by atoms with van der Waals surface area (Å²) in [7, 11) is 0. The van der Waals surface area contributed by atoms with Gasteiger partial charge in [0.05, 0.1) is 34.2 Å². The third-order valence-electron chi connectivity index (χ3n) is 8.00. The maximum atomic E-state index is 5.21. The van der Waals surface area contributed by atoms with E-state index >= 15 is 0 Å². The lowest BCUT2D eigenvalue weighted by molar-refractivity contribution is 0.568. The van der Waals surface area contributed by atoms with E-state index < -0.39 is 0 Å². The number of pyridine rings is 1. The molecular weight excluding hydrogens is 510 g/mol. The van der Waals surface area contributed by atoms with Crippen LogP contribution in [0.15, 0.2) is 52.4 Å². The number of aliphatic imine (C=N–C) groups is 2. The third-order valence-corrected chi connectivity index (χ3v) is 8.00. The zero-order valence-electron chi connectivity index (χ0n) is 29.4. The third kappa shape index (κ3) is 7.65. The summed E-state index contributed by atoms with van der Waals surface area (Å²) in [5, 5.41) is 0. The molecule has 0 unspecified atom stereocenters. The average Bonchev–Trinajstić information content (AvgIpc) is 2.83. The zero-order chi connectivity index (χ0) is 32.0. The van der Waals surface area contributed by atoms with Crippen LogP contribution in [0.25, 0.3) is 0 Å². The van der Waals surface area contributed by atoms with Crippen LogP contribution in [0.2, 0.25) is 0 Å². The van der Waals surface area contributed by atoms with Crippen molar-refractivity contribution in [1.29, 1.82) is 0 Å². The van der Waals surface area contributed by atoms with Crippen molar-refractivity contribution in [3.05, 3.63) is 87.2 Å². The molecule has 0 bridgehead atoms. The highest BCUT2D eigenvalue weighted by molar-refractivity contribution is 6.02. The summed E-state index contributed by atoms with van der Waals surface area (Å²) >= 11 is 0. The monoisotopic (exact) mass is 565 g/mol. The molecule has 0 spiro atoms. The van der Waals surface area contributed by atoms with Crippen LogP contribution in [-0.2, 0) is 21.7 Å². The van der Waals surface area contributed by atoms with Crippen LogP contribution in [0.3, 0.4) is 0 Å². The molecule has 0 saturated heterocycles. The fourth-order valence-electron chi connectivity index (χ4n) is 5.15. The van der Waals surface area contributed by atoms with Crippen LogP contribution in [0.4, 0.5) is 11.4 Å². The minimum atomic E-state index is -0.0329. The lowest BCUT2D eigenvalue weighted by Crippen LogP contribution is -2.17. The lowest BCUT2D eigenvalue weighted by atomic mass is 9.78. The Morgan fingerprint density at radius 2 is 0.857 bits per heavy atom. The Kier molecular flexibility index (Phi) is 9.19. The molecule has 0 radical (unpaired) electrons. The molecule has 0 amide bonds. The molecule has 0 N–H and O–H groups in total. The summed E-state index contributed by atoms with van der Waals surface area (Å²) < 4.78 is 0. The summed E-state index contributed by atoms with van der Waals surface area (Å²) in [6, 6.07) is 15.4. The van der Waals surface area contributed by atoms with Crippen LogP contribution < -0.4 is 0 Å². The van der Waals surface area contributed by atoms with Crippen LogP contribution in [-0.4, -0.2) is 16.4 Å². The summed E-state index contributed by atoms with van der Waals surface area (Å²) in [6.07, 6.45) is 0. The number of hydrogen-bond donors (Lipinski definition) is 0. The second-order valence-electron chi connectivity index (χ2n) is 16.2. The Bertz CT molecular complexity index is 1410. The van der Waals surface area contributed by atoms with Crippen molar-refractivity contribution in [3.63, 3.8) is 0 Å². The molecule has 0 aliphatic rings. The second kappa shape index (κ2) is 11.5. The molecule has 0 atom stereocenters. The minimum absolute atomic E-state index is 0.0329. The molecule has 0 fully saturated rings. The molecule has 42 heavy (non-hydrogen) atoms. The number of aryl methyl sites for hydroxylation is 2. The van der Waals surface area contributed by atoms with Crippen LogP contribution in [0.1, 0.15) is 142 Å². The molecule has 3 heteroatoms. The van der Waals surface area contributed by atoms with Crippen molar-refractivity contribution < 1.29 is 0 Å². The molecule has 0 saturated carbocycles. The van der Waals surface area contributed by atoms with Crippen molar-refractivity contribution in [2.45, 2.75) is 132 Å². The Morgan fingerprint density at radius 3 is 1.14 bits per heavy atom. The second-order valence-corrected chi connectivity index (χ2v) is 16.2. The van der Waals surface area contributed by atoms with Gasteiger partial charge in [0.1, 0.15) is 0 Å². The van der Waals surface area contributed by atoms with Crippen molar-refractivity contribution in [1.82, 2.24) is 4.98 Å². The summed E-state index contributed by atoms with van der Waals surface area (Å²) in [6.45, 7) is 35.7. The van der Waals surface area contributed by atoms with Crippen molar-refractivity contribution in [3.8, 4) is 0 Å². The SMILES string of the molecule is CC(=Nc1c(C)cc(C(C)(C)C)cc1C(C)(C)C)c1cccc(C(C)=Nc2c(C)cc(C(C)(C)C)cc2C(C)(C)C)n1. The normalized spacial score (nSPS) is 14.0. The minimum Gasteiger partial charge on any atom is -0.251 e. The van der Waals surface area contributed by atoms with Crippen LogP contribution >= 0.6 is 0 Å². The molecule has 3 rings (SSSR count). The van der Waals surface area contributed by atoms with Gasteiger partial charge in [-0.3, -0.25) is 9.98 Å². The average molecular weight is 566 g/mol. The van der Waals surface area contributed by atoms with Gasteiger partial charge in [-0.15, -0.1) is 0 Å². The van der Waals surface area contributed by atoms with Crippen LogP contribution in [0.5, 0.6) is 0 Å². The van der Waals surface area contributed by atoms with Gasteiger partial charge in [-0.05, 0) is 94.9 Å².